The minimum atomic E-state index is 0.611. The predicted molar refractivity (Wildman–Crippen MR) is 81.6 cm³/mol. The number of hydrogen-bond acceptors (Lipinski definition) is 6. The van der Waals surface area contributed by atoms with Gasteiger partial charge < -0.3 is 10.1 Å². The molecule has 108 valence electrons. The lowest BCUT2D eigenvalue weighted by Gasteiger charge is -2.12. The summed E-state index contributed by atoms with van der Waals surface area (Å²) in [6.45, 7) is 4.77. The van der Waals surface area contributed by atoms with Gasteiger partial charge in [-0.3, -0.25) is 0 Å². The van der Waals surface area contributed by atoms with E-state index in [9.17, 15) is 0 Å². The fraction of sp³-hybridized carbons (Fsp3) is 0.500. The molecule has 0 aromatic carbocycles. The molecule has 0 radical (unpaired) electrons. The molecule has 0 bridgehead atoms. The highest BCUT2D eigenvalue weighted by Crippen LogP contribution is 2.23. The van der Waals surface area contributed by atoms with Crippen molar-refractivity contribution in [1.29, 1.82) is 0 Å². The zero-order valence-electron chi connectivity index (χ0n) is 12.1. The van der Waals surface area contributed by atoms with E-state index >= 15 is 0 Å². The summed E-state index contributed by atoms with van der Waals surface area (Å²) < 4.78 is 5.85. The molecule has 0 aliphatic rings. The first-order valence-electron chi connectivity index (χ1n) is 6.79. The van der Waals surface area contributed by atoms with Crippen LogP contribution in [0.1, 0.15) is 29.5 Å². The Hall–Kier alpha value is -1.69. The second-order valence-corrected chi connectivity index (χ2v) is 5.40. The summed E-state index contributed by atoms with van der Waals surface area (Å²) in [6, 6.07) is 0. The van der Waals surface area contributed by atoms with Crippen molar-refractivity contribution in [2.75, 3.05) is 19.0 Å². The first kappa shape index (κ1) is 14.7. The molecule has 2 aromatic rings. The predicted octanol–water partition coefficient (Wildman–Crippen LogP) is 2.86. The Bertz CT molecular complexity index is 556. The molecule has 20 heavy (non-hydrogen) atoms. The number of aromatic nitrogens is 3. The van der Waals surface area contributed by atoms with Crippen LogP contribution in [-0.2, 0) is 12.8 Å². The molecule has 1 N–H and O–H groups in total. The third-order valence-electron chi connectivity index (χ3n) is 3.06. The summed E-state index contributed by atoms with van der Waals surface area (Å²) in [5.41, 5.74) is 4.02. The van der Waals surface area contributed by atoms with Gasteiger partial charge in [-0.25, -0.2) is 15.0 Å². The maximum Gasteiger partial charge on any atom is 0.221 e. The molecule has 2 rings (SSSR count). The molecule has 2 aromatic heterocycles. The Labute approximate surface area is 123 Å². The van der Waals surface area contributed by atoms with Crippen molar-refractivity contribution < 1.29 is 4.74 Å². The van der Waals surface area contributed by atoms with Crippen molar-refractivity contribution in [3.63, 3.8) is 0 Å². The smallest absolute Gasteiger partial charge is 0.221 e. The summed E-state index contributed by atoms with van der Waals surface area (Å²) in [7, 11) is 1.87. The van der Waals surface area contributed by atoms with Crippen LogP contribution in [0, 0.1) is 6.92 Å². The van der Waals surface area contributed by atoms with E-state index < -0.39 is 0 Å². The van der Waals surface area contributed by atoms with Crippen LogP contribution >= 0.6 is 11.3 Å². The topological polar surface area (TPSA) is 59.9 Å². The zero-order chi connectivity index (χ0) is 14.4. The van der Waals surface area contributed by atoms with Crippen LogP contribution in [0.2, 0.25) is 0 Å². The van der Waals surface area contributed by atoms with Crippen LogP contribution in [0.3, 0.4) is 0 Å². The summed E-state index contributed by atoms with van der Waals surface area (Å²) in [5, 5.41) is 3.09. The minimum Gasteiger partial charge on any atom is -0.477 e. The molecule has 0 amide bonds. The second kappa shape index (κ2) is 7.19. The van der Waals surface area contributed by atoms with Crippen LogP contribution in [0.15, 0.2) is 11.8 Å². The average Bonchev–Trinajstić information content (AvgIpc) is 2.86. The van der Waals surface area contributed by atoms with E-state index in [0.29, 0.717) is 12.5 Å². The lowest BCUT2D eigenvalue weighted by molar-refractivity contribution is 0.306. The van der Waals surface area contributed by atoms with Gasteiger partial charge >= 0.3 is 0 Å². The second-order valence-electron chi connectivity index (χ2n) is 4.47. The number of anilines is 1. The van der Waals surface area contributed by atoms with Crippen molar-refractivity contribution in [2.24, 2.45) is 0 Å². The van der Waals surface area contributed by atoms with Gasteiger partial charge in [-0.2, -0.15) is 0 Å². The van der Waals surface area contributed by atoms with E-state index in [1.807, 2.05) is 19.5 Å². The lowest BCUT2D eigenvalue weighted by Crippen LogP contribution is -2.08. The quantitative estimate of drug-likeness (QED) is 0.850. The molecular weight excluding hydrogens is 272 g/mol. The number of nitrogens with zero attached hydrogens (tertiary/aromatic N) is 3. The van der Waals surface area contributed by atoms with Gasteiger partial charge in [0, 0.05) is 18.3 Å². The van der Waals surface area contributed by atoms with E-state index in [1.54, 1.807) is 11.3 Å². The first-order valence-corrected chi connectivity index (χ1v) is 7.67. The number of ether oxygens (including phenoxy) is 1. The van der Waals surface area contributed by atoms with Crippen molar-refractivity contribution in [2.45, 2.75) is 33.1 Å². The maximum atomic E-state index is 5.85. The van der Waals surface area contributed by atoms with E-state index in [0.717, 1.165) is 36.3 Å². The highest BCUT2D eigenvalue weighted by Gasteiger charge is 2.11. The van der Waals surface area contributed by atoms with Gasteiger partial charge in [-0.15, -0.1) is 11.3 Å². The summed E-state index contributed by atoms with van der Waals surface area (Å²) in [5.74, 6) is 1.54. The number of hydrogen-bond donors (Lipinski definition) is 1. The van der Waals surface area contributed by atoms with Gasteiger partial charge in [0.05, 0.1) is 23.4 Å². The van der Waals surface area contributed by atoms with E-state index in [-0.39, 0.29) is 0 Å². The molecule has 2 heterocycles. The SMILES string of the molecule is CCCc1c(NC)ncnc1OCCc1scnc1C. The molecule has 0 atom stereocenters. The Morgan fingerprint density at radius 3 is 2.75 bits per heavy atom. The Morgan fingerprint density at radius 2 is 2.10 bits per heavy atom. The van der Waals surface area contributed by atoms with Gasteiger partial charge in [0.25, 0.3) is 0 Å². The van der Waals surface area contributed by atoms with Crippen LogP contribution in [0.4, 0.5) is 5.82 Å². The first-order chi connectivity index (χ1) is 9.76. The fourth-order valence-electron chi connectivity index (χ4n) is 2.02. The molecular formula is C14H20N4OS. The average molecular weight is 292 g/mol. The van der Waals surface area contributed by atoms with Crippen LogP contribution < -0.4 is 10.1 Å². The summed E-state index contributed by atoms with van der Waals surface area (Å²) in [6.07, 6.45) is 4.34. The van der Waals surface area contributed by atoms with Crippen LogP contribution in [0.25, 0.3) is 0 Å². The van der Waals surface area contributed by atoms with Gasteiger partial charge in [0.1, 0.15) is 12.1 Å². The fourth-order valence-corrected chi connectivity index (χ4v) is 2.78. The standard InChI is InChI=1S/C14H20N4OS/c1-4-5-11-13(15-3)16-8-17-14(11)19-7-6-12-10(2)18-9-20-12/h8-9H,4-7H2,1-3H3,(H,15,16,17). The third kappa shape index (κ3) is 3.45. The maximum absolute atomic E-state index is 5.85. The summed E-state index contributed by atoms with van der Waals surface area (Å²) in [4.78, 5) is 14.0. The van der Waals surface area contributed by atoms with Crippen molar-refractivity contribution >= 4 is 17.2 Å². The molecule has 0 saturated heterocycles. The summed E-state index contributed by atoms with van der Waals surface area (Å²) >= 11 is 1.67. The van der Waals surface area contributed by atoms with Crippen LogP contribution in [0.5, 0.6) is 5.88 Å². The van der Waals surface area contributed by atoms with Crippen molar-refractivity contribution in [1.82, 2.24) is 15.0 Å². The Balaban J connectivity index is 2.03. The van der Waals surface area contributed by atoms with E-state index in [4.69, 9.17) is 4.74 Å². The number of nitrogens with one attached hydrogen (secondary N) is 1. The Morgan fingerprint density at radius 1 is 1.25 bits per heavy atom. The molecule has 6 heteroatoms. The molecule has 5 nitrogen and oxygen atoms in total. The molecule has 0 aliphatic carbocycles. The third-order valence-corrected chi connectivity index (χ3v) is 4.05. The minimum absolute atomic E-state index is 0.611. The van der Waals surface area contributed by atoms with Crippen molar-refractivity contribution in [3.8, 4) is 5.88 Å². The van der Waals surface area contributed by atoms with E-state index in [2.05, 4.69) is 27.2 Å². The number of aryl methyl sites for hydroxylation is 1. The number of rotatable bonds is 7. The molecule has 0 fully saturated rings. The monoisotopic (exact) mass is 292 g/mol. The van der Waals surface area contributed by atoms with Gasteiger partial charge in [0.2, 0.25) is 5.88 Å². The molecule has 0 aliphatic heterocycles. The Kier molecular flexibility index (Phi) is 5.29. The van der Waals surface area contributed by atoms with Gasteiger partial charge in [-0.1, -0.05) is 13.3 Å². The van der Waals surface area contributed by atoms with Crippen LogP contribution in [-0.4, -0.2) is 28.6 Å². The van der Waals surface area contributed by atoms with E-state index in [1.165, 1.54) is 11.2 Å². The zero-order valence-corrected chi connectivity index (χ0v) is 13.0. The lowest BCUT2D eigenvalue weighted by atomic mass is 10.2. The molecule has 0 unspecified atom stereocenters. The molecule has 0 spiro atoms. The highest BCUT2D eigenvalue weighted by molar-refractivity contribution is 7.09. The van der Waals surface area contributed by atoms with Crippen molar-refractivity contribution in [3.05, 3.63) is 28.0 Å². The molecule has 0 saturated carbocycles. The highest BCUT2D eigenvalue weighted by atomic mass is 32.1. The number of thiazole rings is 1. The van der Waals surface area contributed by atoms with Gasteiger partial charge in [-0.05, 0) is 13.3 Å². The normalized spacial score (nSPS) is 10.6. The van der Waals surface area contributed by atoms with Gasteiger partial charge in [0.15, 0.2) is 0 Å². The largest absolute Gasteiger partial charge is 0.477 e.